The lowest BCUT2D eigenvalue weighted by atomic mass is 9.97. The quantitative estimate of drug-likeness (QED) is 0.561. The number of hydrogen-bond donors (Lipinski definition) is 0. The van der Waals surface area contributed by atoms with Crippen LogP contribution in [0, 0.1) is 0 Å². The molecule has 3 aromatic rings. The lowest BCUT2D eigenvalue weighted by Crippen LogP contribution is -2.26. The minimum absolute atomic E-state index is 0.0361. The highest BCUT2D eigenvalue weighted by atomic mass is 19.4. The first-order chi connectivity index (χ1) is 13.3. The maximum Gasteiger partial charge on any atom is 0.416 e. The van der Waals surface area contributed by atoms with Crippen LogP contribution in [0.2, 0.25) is 0 Å². The monoisotopic (exact) mass is 384 g/mol. The van der Waals surface area contributed by atoms with Gasteiger partial charge in [-0.25, -0.2) is 0 Å². The zero-order chi connectivity index (χ0) is 20.3. The molecule has 1 radical (unpaired) electrons. The van der Waals surface area contributed by atoms with Gasteiger partial charge in [0, 0.05) is 30.3 Å². The summed E-state index contributed by atoms with van der Waals surface area (Å²) in [6.45, 7) is -0.226. The topological polar surface area (TPSA) is 40.2 Å². The van der Waals surface area contributed by atoms with Gasteiger partial charge in [-0.3, -0.25) is 9.90 Å². The van der Waals surface area contributed by atoms with Gasteiger partial charge in [0.1, 0.15) is 0 Å². The van der Waals surface area contributed by atoms with Crippen LogP contribution >= 0.6 is 0 Å². The van der Waals surface area contributed by atoms with Gasteiger partial charge in [-0.15, -0.1) is 0 Å². The van der Waals surface area contributed by atoms with Crippen molar-refractivity contribution in [2.75, 3.05) is 7.05 Å². The van der Waals surface area contributed by atoms with Crippen LogP contribution in [0.4, 0.5) is 13.2 Å². The molecule has 0 atom stereocenters. The van der Waals surface area contributed by atoms with E-state index in [9.17, 15) is 23.1 Å². The zero-order valence-corrected chi connectivity index (χ0v) is 15.0. The number of benzene rings is 3. The largest absolute Gasteiger partial charge is 0.416 e. The van der Waals surface area contributed by atoms with Crippen LogP contribution < -0.4 is 0 Å². The van der Waals surface area contributed by atoms with E-state index in [-0.39, 0.29) is 23.6 Å². The van der Waals surface area contributed by atoms with Crippen molar-refractivity contribution in [2.45, 2.75) is 12.7 Å². The highest BCUT2D eigenvalue weighted by Crippen LogP contribution is 2.40. The second kappa shape index (κ2) is 7.76. The Morgan fingerprint density at radius 3 is 2.07 bits per heavy atom. The first-order valence-corrected chi connectivity index (χ1v) is 8.54. The van der Waals surface area contributed by atoms with E-state index in [1.165, 1.54) is 11.9 Å². The molecule has 6 heteroatoms. The van der Waals surface area contributed by atoms with Crippen LogP contribution in [0.1, 0.15) is 21.5 Å². The number of rotatable bonds is 4. The first kappa shape index (κ1) is 19.5. The van der Waals surface area contributed by atoms with Gasteiger partial charge < -0.3 is 4.90 Å². The minimum atomic E-state index is -4.60. The summed E-state index contributed by atoms with van der Waals surface area (Å²) in [4.78, 5) is 13.7. The van der Waals surface area contributed by atoms with Crippen LogP contribution in [0.25, 0.3) is 11.1 Å². The molecule has 0 aromatic heterocycles. The molecule has 143 valence electrons. The van der Waals surface area contributed by atoms with Crippen molar-refractivity contribution in [3.63, 3.8) is 0 Å². The lowest BCUT2D eigenvalue weighted by Gasteiger charge is -2.20. The minimum Gasteiger partial charge on any atom is -0.337 e. The summed E-state index contributed by atoms with van der Waals surface area (Å²) in [5.41, 5.74) is -0.238. The van der Waals surface area contributed by atoms with Gasteiger partial charge >= 0.3 is 6.18 Å². The summed E-state index contributed by atoms with van der Waals surface area (Å²) in [5.74, 6) is -0.898. The third-order valence-corrected chi connectivity index (χ3v) is 4.35. The normalized spacial score (nSPS) is 11.3. The fraction of sp³-hybridized carbons (Fsp3) is 0.136. The Morgan fingerprint density at radius 1 is 0.929 bits per heavy atom. The number of carbonyl (C=O) groups excluding carboxylic acids is 1. The molecule has 0 heterocycles. The van der Waals surface area contributed by atoms with Gasteiger partial charge in [-0.1, -0.05) is 48.5 Å². The smallest absolute Gasteiger partial charge is 0.337 e. The second-order valence-electron chi connectivity index (χ2n) is 6.40. The zero-order valence-electron chi connectivity index (χ0n) is 15.0. The van der Waals surface area contributed by atoms with Crippen molar-refractivity contribution in [1.29, 1.82) is 0 Å². The Hall–Kier alpha value is -3.28. The van der Waals surface area contributed by atoms with Crippen molar-refractivity contribution < 1.29 is 23.1 Å². The fourth-order valence-electron chi connectivity index (χ4n) is 2.93. The molecule has 3 nitrogen and oxygen atoms in total. The SMILES string of the molecule is CN(Cc1cc(C(F)(F)F)cc(-c2ccccc2)c1[O])C(=O)c1ccccc1. The van der Waals surface area contributed by atoms with E-state index in [1.807, 2.05) is 0 Å². The number of nitrogens with zero attached hydrogens (tertiary/aromatic N) is 1. The molecule has 28 heavy (non-hydrogen) atoms. The Morgan fingerprint density at radius 2 is 1.50 bits per heavy atom. The highest BCUT2D eigenvalue weighted by Gasteiger charge is 2.33. The van der Waals surface area contributed by atoms with Crippen molar-refractivity contribution in [1.82, 2.24) is 4.90 Å². The van der Waals surface area contributed by atoms with Gasteiger partial charge in [0.2, 0.25) is 0 Å². The summed E-state index contributed by atoms with van der Waals surface area (Å²) in [6.07, 6.45) is -4.60. The molecule has 0 aliphatic heterocycles. The van der Waals surface area contributed by atoms with E-state index >= 15 is 0 Å². The Bertz CT molecular complexity index is 970. The summed E-state index contributed by atoms with van der Waals surface area (Å²) < 4.78 is 40.1. The molecule has 3 aromatic carbocycles. The van der Waals surface area contributed by atoms with Gasteiger partial charge in [0.15, 0.2) is 5.75 Å². The van der Waals surface area contributed by atoms with Gasteiger partial charge in [0.05, 0.1) is 5.56 Å². The van der Waals surface area contributed by atoms with E-state index in [0.29, 0.717) is 11.1 Å². The average molecular weight is 384 g/mol. The first-order valence-electron chi connectivity index (χ1n) is 8.54. The molecule has 0 aliphatic rings. The Labute approximate surface area is 160 Å². The summed E-state index contributed by atoms with van der Waals surface area (Å²) in [7, 11) is 1.46. The van der Waals surface area contributed by atoms with Crippen LogP contribution in [0.5, 0.6) is 5.75 Å². The van der Waals surface area contributed by atoms with Crippen LogP contribution in [-0.2, 0) is 17.8 Å². The number of alkyl halides is 3. The van der Waals surface area contributed by atoms with Crippen molar-refractivity contribution in [2.24, 2.45) is 0 Å². The maximum absolute atomic E-state index is 13.4. The number of amides is 1. The summed E-state index contributed by atoms with van der Waals surface area (Å²) >= 11 is 0. The standard InChI is InChI=1S/C22H17F3NO2/c1-26(21(28)16-10-6-3-7-11-16)14-17-12-18(22(23,24)25)13-19(20(17)27)15-8-4-2-5-9-15/h2-13H,14H2,1H3. The second-order valence-corrected chi connectivity index (χ2v) is 6.40. The molecular weight excluding hydrogens is 367 g/mol. The molecular formula is C22H17F3NO2. The highest BCUT2D eigenvalue weighted by molar-refractivity contribution is 5.94. The van der Waals surface area contributed by atoms with Crippen LogP contribution in [0.15, 0.2) is 72.8 Å². The van der Waals surface area contributed by atoms with Crippen LogP contribution in [0.3, 0.4) is 0 Å². The van der Waals surface area contributed by atoms with Gasteiger partial charge in [-0.2, -0.15) is 13.2 Å². The van der Waals surface area contributed by atoms with Gasteiger partial charge in [-0.05, 0) is 29.8 Å². The van der Waals surface area contributed by atoms with E-state index in [1.54, 1.807) is 60.7 Å². The summed E-state index contributed by atoms with van der Waals surface area (Å²) in [5, 5.41) is 12.8. The molecule has 3 rings (SSSR count). The maximum atomic E-state index is 13.4. The molecule has 0 spiro atoms. The predicted molar refractivity (Wildman–Crippen MR) is 99.3 cm³/mol. The molecule has 0 saturated heterocycles. The average Bonchev–Trinajstić information content (AvgIpc) is 2.69. The van der Waals surface area contributed by atoms with Crippen molar-refractivity contribution >= 4 is 5.91 Å². The molecule has 0 saturated carbocycles. The van der Waals surface area contributed by atoms with E-state index in [0.717, 1.165) is 12.1 Å². The number of halogens is 3. The molecule has 0 bridgehead atoms. The summed E-state index contributed by atoms with van der Waals surface area (Å²) in [6, 6.07) is 18.2. The Balaban J connectivity index is 2.01. The molecule has 1 amide bonds. The number of carbonyl (C=O) groups is 1. The van der Waals surface area contributed by atoms with Crippen molar-refractivity contribution in [3.05, 3.63) is 89.5 Å². The van der Waals surface area contributed by atoms with Crippen molar-refractivity contribution in [3.8, 4) is 16.9 Å². The molecule has 0 unspecified atom stereocenters. The van der Waals surface area contributed by atoms with Crippen LogP contribution in [-0.4, -0.2) is 17.9 Å². The van der Waals surface area contributed by atoms with E-state index in [4.69, 9.17) is 0 Å². The fourth-order valence-corrected chi connectivity index (χ4v) is 2.93. The third-order valence-electron chi connectivity index (χ3n) is 4.35. The lowest BCUT2D eigenvalue weighted by molar-refractivity contribution is -0.137. The third kappa shape index (κ3) is 4.17. The Kier molecular flexibility index (Phi) is 5.40. The number of hydrogen-bond acceptors (Lipinski definition) is 1. The molecule has 0 fully saturated rings. The molecule has 0 aliphatic carbocycles. The van der Waals surface area contributed by atoms with Gasteiger partial charge in [0.25, 0.3) is 5.91 Å². The predicted octanol–water partition coefficient (Wildman–Crippen LogP) is 5.79. The van der Waals surface area contributed by atoms with E-state index < -0.39 is 17.5 Å². The van der Waals surface area contributed by atoms with E-state index in [2.05, 4.69) is 0 Å². The molecule has 0 N–H and O–H groups in total.